The first kappa shape index (κ1) is 13.5. The van der Waals surface area contributed by atoms with Gasteiger partial charge in [-0.05, 0) is 43.3 Å². The van der Waals surface area contributed by atoms with Gasteiger partial charge in [0.05, 0.1) is 11.6 Å². The van der Waals surface area contributed by atoms with E-state index in [1.54, 1.807) is 13.1 Å². The summed E-state index contributed by atoms with van der Waals surface area (Å²) >= 11 is 0. The van der Waals surface area contributed by atoms with Gasteiger partial charge in [0.15, 0.2) is 0 Å². The first-order chi connectivity index (χ1) is 10.1. The third-order valence-electron chi connectivity index (χ3n) is 3.23. The summed E-state index contributed by atoms with van der Waals surface area (Å²) in [6, 6.07) is 13.5. The van der Waals surface area contributed by atoms with Crippen molar-refractivity contribution in [2.75, 3.05) is 0 Å². The highest BCUT2D eigenvalue weighted by molar-refractivity contribution is 5.79. The van der Waals surface area contributed by atoms with Crippen LogP contribution in [-0.2, 0) is 0 Å². The maximum atomic E-state index is 13.3. The lowest BCUT2D eigenvalue weighted by Gasteiger charge is -2.13. The second kappa shape index (κ2) is 5.50. The monoisotopic (exact) mass is 283 g/mol. The molecule has 106 valence electrons. The fraction of sp³-hybridized carbons (Fsp3) is 0.118. The lowest BCUT2D eigenvalue weighted by molar-refractivity contribution is 0.195. The third-order valence-corrected chi connectivity index (χ3v) is 3.23. The van der Waals surface area contributed by atoms with Crippen molar-refractivity contribution in [2.24, 2.45) is 0 Å². The SMILES string of the molecule is CC(O)c1cc(F)ccc1Oc1ccc2cccnc2c1. The summed E-state index contributed by atoms with van der Waals surface area (Å²) in [6.45, 7) is 1.57. The number of fused-ring (bicyclic) bond motifs is 1. The van der Waals surface area contributed by atoms with Crippen LogP contribution in [0.3, 0.4) is 0 Å². The quantitative estimate of drug-likeness (QED) is 0.782. The molecule has 1 aromatic heterocycles. The number of hydrogen-bond donors (Lipinski definition) is 1. The Morgan fingerprint density at radius 2 is 2.00 bits per heavy atom. The lowest BCUT2D eigenvalue weighted by Crippen LogP contribution is -1.97. The Morgan fingerprint density at radius 1 is 1.14 bits per heavy atom. The Bertz CT molecular complexity index is 787. The van der Waals surface area contributed by atoms with Crippen molar-refractivity contribution in [1.29, 1.82) is 0 Å². The fourth-order valence-electron chi connectivity index (χ4n) is 2.18. The molecule has 0 fully saturated rings. The molecule has 3 rings (SSSR count). The van der Waals surface area contributed by atoms with Gasteiger partial charge in [-0.1, -0.05) is 6.07 Å². The second-order valence-corrected chi connectivity index (χ2v) is 4.82. The van der Waals surface area contributed by atoms with Gasteiger partial charge in [0.25, 0.3) is 0 Å². The van der Waals surface area contributed by atoms with Crippen molar-refractivity contribution in [3.63, 3.8) is 0 Å². The topological polar surface area (TPSA) is 42.4 Å². The molecule has 1 N–H and O–H groups in total. The van der Waals surface area contributed by atoms with Crippen LogP contribution in [-0.4, -0.2) is 10.1 Å². The van der Waals surface area contributed by atoms with Gasteiger partial charge < -0.3 is 9.84 Å². The molecule has 0 radical (unpaired) electrons. The van der Waals surface area contributed by atoms with Gasteiger partial charge in [-0.15, -0.1) is 0 Å². The Hall–Kier alpha value is -2.46. The van der Waals surface area contributed by atoms with Gasteiger partial charge in [0, 0.05) is 23.2 Å². The number of ether oxygens (including phenoxy) is 1. The summed E-state index contributed by atoms with van der Waals surface area (Å²) in [5.41, 5.74) is 1.23. The van der Waals surface area contributed by atoms with Gasteiger partial charge in [-0.25, -0.2) is 4.39 Å². The lowest BCUT2D eigenvalue weighted by atomic mass is 10.1. The predicted molar refractivity (Wildman–Crippen MR) is 78.9 cm³/mol. The van der Waals surface area contributed by atoms with Crippen molar-refractivity contribution in [2.45, 2.75) is 13.0 Å². The van der Waals surface area contributed by atoms with Crippen LogP contribution in [0.4, 0.5) is 4.39 Å². The minimum Gasteiger partial charge on any atom is -0.457 e. The first-order valence-electron chi connectivity index (χ1n) is 6.63. The number of aliphatic hydroxyl groups is 1. The Balaban J connectivity index is 1.98. The molecule has 3 nitrogen and oxygen atoms in total. The zero-order valence-electron chi connectivity index (χ0n) is 11.5. The van der Waals surface area contributed by atoms with Crippen molar-refractivity contribution in [3.8, 4) is 11.5 Å². The van der Waals surface area contributed by atoms with E-state index in [1.165, 1.54) is 18.2 Å². The molecule has 0 saturated carbocycles. The molecule has 0 amide bonds. The summed E-state index contributed by atoms with van der Waals surface area (Å²) in [6.07, 6.45) is 0.903. The Morgan fingerprint density at radius 3 is 2.81 bits per heavy atom. The van der Waals surface area contributed by atoms with E-state index in [0.29, 0.717) is 17.1 Å². The van der Waals surface area contributed by atoms with E-state index in [4.69, 9.17) is 4.74 Å². The zero-order chi connectivity index (χ0) is 14.8. The molecule has 0 aliphatic rings. The molecular formula is C17H14FNO2. The summed E-state index contributed by atoms with van der Waals surface area (Å²) in [4.78, 5) is 4.27. The van der Waals surface area contributed by atoms with E-state index in [0.717, 1.165) is 10.9 Å². The molecule has 21 heavy (non-hydrogen) atoms. The highest BCUT2D eigenvalue weighted by Gasteiger charge is 2.11. The summed E-state index contributed by atoms with van der Waals surface area (Å²) in [5, 5.41) is 10.7. The molecule has 1 heterocycles. The molecular weight excluding hydrogens is 269 g/mol. The maximum Gasteiger partial charge on any atom is 0.133 e. The fourth-order valence-corrected chi connectivity index (χ4v) is 2.18. The van der Waals surface area contributed by atoms with Crippen LogP contribution in [0.2, 0.25) is 0 Å². The molecule has 1 unspecified atom stereocenters. The van der Waals surface area contributed by atoms with E-state index in [2.05, 4.69) is 4.98 Å². The summed E-state index contributed by atoms with van der Waals surface area (Å²) < 4.78 is 19.0. The van der Waals surface area contributed by atoms with Crippen molar-refractivity contribution < 1.29 is 14.2 Å². The second-order valence-electron chi connectivity index (χ2n) is 4.82. The predicted octanol–water partition coefficient (Wildman–Crippen LogP) is 4.22. The van der Waals surface area contributed by atoms with E-state index >= 15 is 0 Å². The highest BCUT2D eigenvalue weighted by Crippen LogP contribution is 2.31. The normalized spacial score (nSPS) is 12.3. The summed E-state index contributed by atoms with van der Waals surface area (Å²) in [7, 11) is 0. The van der Waals surface area contributed by atoms with Gasteiger partial charge in [-0.2, -0.15) is 0 Å². The number of halogens is 1. The van der Waals surface area contributed by atoms with Crippen LogP contribution in [0, 0.1) is 5.82 Å². The number of aliphatic hydroxyl groups excluding tert-OH is 1. The third kappa shape index (κ3) is 2.85. The molecule has 0 aliphatic heterocycles. The molecule has 4 heteroatoms. The smallest absolute Gasteiger partial charge is 0.133 e. The minimum atomic E-state index is -0.811. The van der Waals surface area contributed by atoms with Crippen LogP contribution in [0.25, 0.3) is 10.9 Å². The van der Waals surface area contributed by atoms with E-state index < -0.39 is 11.9 Å². The van der Waals surface area contributed by atoms with E-state index in [-0.39, 0.29) is 0 Å². The van der Waals surface area contributed by atoms with Gasteiger partial charge >= 0.3 is 0 Å². The highest BCUT2D eigenvalue weighted by atomic mass is 19.1. The molecule has 0 aliphatic carbocycles. The average Bonchev–Trinajstić information content (AvgIpc) is 2.49. The number of nitrogens with zero attached hydrogens (tertiary/aromatic N) is 1. The van der Waals surface area contributed by atoms with Crippen molar-refractivity contribution in [1.82, 2.24) is 4.98 Å². The van der Waals surface area contributed by atoms with Crippen molar-refractivity contribution >= 4 is 10.9 Å². The molecule has 2 aromatic carbocycles. The Kier molecular flexibility index (Phi) is 3.54. The zero-order valence-corrected chi connectivity index (χ0v) is 11.5. The van der Waals surface area contributed by atoms with Crippen LogP contribution < -0.4 is 4.74 Å². The van der Waals surface area contributed by atoms with Gasteiger partial charge in [0.2, 0.25) is 0 Å². The van der Waals surface area contributed by atoms with Crippen LogP contribution >= 0.6 is 0 Å². The molecule has 1 atom stereocenters. The number of hydrogen-bond acceptors (Lipinski definition) is 3. The van der Waals surface area contributed by atoms with Crippen LogP contribution in [0.15, 0.2) is 54.7 Å². The van der Waals surface area contributed by atoms with Crippen molar-refractivity contribution in [3.05, 3.63) is 66.1 Å². The molecule has 0 saturated heterocycles. The average molecular weight is 283 g/mol. The van der Waals surface area contributed by atoms with Crippen LogP contribution in [0.1, 0.15) is 18.6 Å². The minimum absolute atomic E-state index is 0.404. The number of rotatable bonds is 3. The molecule has 0 bridgehead atoms. The first-order valence-corrected chi connectivity index (χ1v) is 6.63. The number of benzene rings is 2. The van der Waals surface area contributed by atoms with Crippen LogP contribution in [0.5, 0.6) is 11.5 Å². The maximum absolute atomic E-state index is 13.3. The molecule has 3 aromatic rings. The number of pyridine rings is 1. The molecule has 0 spiro atoms. The Labute approximate surface area is 121 Å². The largest absolute Gasteiger partial charge is 0.457 e. The van der Waals surface area contributed by atoms with E-state index in [1.807, 2.05) is 30.3 Å². The van der Waals surface area contributed by atoms with Gasteiger partial charge in [0.1, 0.15) is 17.3 Å². The number of aromatic nitrogens is 1. The van der Waals surface area contributed by atoms with Gasteiger partial charge in [-0.3, -0.25) is 4.98 Å². The standard InChI is InChI=1S/C17H14FNO2/c1-11(20)15-9-13(18)5-7-17(15)21-14-6-4-12-3-2-8-19-16(12)10-14/h2-11,20H,1H3. The summed E-state index contributed by atoms with van der Waals surface area (Å²) in [5.74, 6) is 0.620. The van der Waals surface area contributed by atoms with E-state index in [9.17, 15) is 9.50 Å².